The molecule has 5 aromatic carbocycles. The average Bonchev–Trinajstić information content (AvgIpc) is 3.81. The fourth-order valence-corrected chi connectivity index (χ4v) is 5.92. The third-order valence-corrected chi connectivity index (χ3v) is 8.69. The van der Waals surface area contributed by atoms with Crippen molar-refractivity contribution in [1.82, 2.24) is 14.5 Å². The number of aryl methyl sites for hydroxylation is 2. The van der Waals surface area contributed by atoms with E-state index in [1.165, 1.54) is 21.9 Å². The summed E-state index contributed by atoms with van der Waals surface area (Å²) in [4.78, 5) is 9.96. The molecule has 4 heteroatoms. The van der Waals surface area contributed by atoms with Crippen molar-refractivity contribution in [2.45, 2.75) is 69.2 Å². The molecule has 56 heavy (non-hydrogen) atoms. The van der Waals surface area contributed by atoms with Crippen LogP contribution >= 0.6 is 0 Å². The second-order valence-corrected chi connectivity index (χ2v) is 12.2. The first-order chi connectivity index (χ1) is 27.4. The van der Waals surface area contributed by atoms with Crippen LogP contribution in [0.4, 0.5) is 0 Å². The quantitative estimate of drug-likeness (QED) is 0.169. The Morgan fingerprint density at radius 3 is 1.75 bits per heavy atom. The number of hydrogen-bond acceptors (Lipinski definition) is 3. The van der Waals surface area contributed by atoms with Gasteiger partial charge in [0.2, 0.25) is 0 Å². The first kappa shape index (κ1) is 44.1. The first-order valence-electron chi connectivity index (χ1n) is 19.6. The topological polar surface area (TPSA) is 43.9 Å². The molecule has 288 valence electrons. The van der Waals surface area contributed by atoms with E-state index >= 15 is 0 Å². The Morgan fingerprint density at radius 1 is 0.554 bits per heavy atom. The van der Waals surface area contributed by atoms with Crippen LogP contribution in [0.5, 0.6) is 0 Å². The van der Waals surface area contributed by atoms with Gasteiger partial charge in [0.1, 0.15) is 17.2 Å². The Kier molecular flexibility index (Phi) is 18.0. The summed E-state index contributed by atoms with van der Waals surface area (Å²) in [6, 6.07) is 39.7. The van der Waals surface area contributed by atoms with Crippen molar-refractivity contribution in [3.05, 3.63) is 175 Å². The van der Waals surface area contributed by atoms with Crippen molar-refractivity contribution in [1.29, 1.82) is 0 Å². The summed E-state index contributed by atoms with van der Waals surface area (Å²) >= 11 is 0. The normalized spacial score (nSPS) is 10.3. The number of nitrogens with zero attached hydrogens (tertiary/aromatic N) is 3. The third kappa shape index (κ3) is 10.3. The number of aromatic nitrogens is 3. The zero-order valence-corrected chi connectivity index (χ0v) is 35.1. The van der Waals surface area contributed by atoms with Gasteiger partial charge in [-0.2, -0.15) is 0 Å². The van der Waals surface area contributed by atoms with Crippen LogP contribution in [0.15, 0.2) is 157 Å². The number of benzene rings is 5. The Balaban J connectivity index is 0.000000269. The Bertz CT molecular complexity index is 2490. The van der Waals surface area contributed by atoms with Gasteiger partial charge >= 0.3 is 0 Å². The van der Waals surface area contributed by atoms with Gasteiger partial charge in [0.25, 0.3) is 0 Å². The molecule has 3 heterocycles. The van der Waals surface area contributed by atoms with Crippen LogP contribution in [-0.4, -0.2) is 14.5 Å². The molecule has 0 spiro atoms. The molecule has 3 aromatic heterocycles. The van der Waals surface area contributed by atoms with E-state index in [1.807, 2.05) is 135 Å². The minimum atomic E-state index is 0.739. The van der Waals surface area contributed by atoms with Gasteiger partial charge in [-0.1, -0.05) is 162 Å². The molecule has 0 aliphatic rings. The SMILES string of the molecule is C/C=C\C.C/C=C\C.C=Cc1oc2c(C)cccc2c1C=C.CC.CC.Cc1ccc2c3ccccc3n(-c3nc(-c4ccccc4)nc4ccccc34)c2c1. The van der Waals surface area contributed by atoms with Crippen LogP contribution in [0, 0.1) is 13.8 Å². The maximum absolute atomic E-state index is 5.68. The molecule has 8 aromatic rings. The van der Waals surface area contributed by atoms with Crippen molar-refractivity contribution in [3.8, 4) is 17.2 Å². The summed E-state index contributed by atoms with van der Waals surface area (Å²) < 4.78 is 7.97. The minimum absolute atomic E-state index is 0.739. The molecular weight excluding hydrogens is 683 g/mol. The average molecular weight is 742 g/mol. The highest BCUT2D eigenvalue weighted by molar-refractivity contribution is 6.10. The van der Waals surface area contributed by atoms with Crippen LogP contribution in [-0.2, 0) is 0 Å². The predicted octanol–water partition coefficient (Wildman–Crippen LogP) is 15.9. The fourth-order valence-electron chi connectivity index (χ4n) is 5.92. The summed E-state index contributed by atoms with van der Waals surface area (Å²) in [7, 11) is 0. The van der Waals surface area contributed by atoms with Crippen LogP contribution < -0.4 is 0 Å². The number of hydrogen-bond donors (Lipinski definition) is 0. The molecule has 0 atom stereocenters. The molecule has 0 radical (unpaired) electrons. The maximum Gasteiger partial charge on any atom is 0.162 e. The minimum Gasteiger partial charge on any atom is -0.456 e. The number of para-hydroxylation sites is 3. The highest BCUT2D eigenvalue weighted by Crippen LogP contribution is 2.35. The lowest BCUT2D eigenvalue weighted by Crippen LogP contribution is -2.02. The fraction of sp³-hybridized carbons (Fsp3) is 0.192. The van der Waals surface area contributed by atoms with Crippen LogP contribution in [0.3, 0.4) is 0 Å². The van der Waals surface area contributed by atoms with E-state index in [-0.39, 0.29) is 0 Å². The lowest BCUT2D eigenvalue weighted by atomic mass is 10.1. The van der Waals surface area contributed by atoms with Crippen LogP contribution in [0.25, 0.3) is 73.0 Å². The Hall–Kier alpha value is -6.26. The molecule has 0 fully saturated rings. The summed E-state index contributed by atoms with van der Waals surface area (Å²) in [6.45, 7) is 27.7. The number of furan rings is 1. The predicted molar refractivity (Wildman–Crippen MR) is 249 cm³/mol. The van der Waals surface area contributed by atoms with Crippen molar-refractivity contribution >= 4 is 55.8 Å². The van der Waals surface area contributed by atoms with E-state index in [4.69, 9.17) is 14.4 Å². The van der Waals surface area contributed by atoms with E-state index in [9.17, 15) is 0 Å². The molecule has 0 amide bonds. The second kappa shape index (κ2) is 22.8. The van der Waals surface area contributed by atoms with E-state index in [1.54, 1.807) is 6.08 Å². The molecule has 0 aliphatic heterocycles. The van der Waals surface area contributed by atoms with E-state index < -0.39 is 0 Å². The molecule has 0 aliphatic carbocycles. The monoisotopic (exact) mass is 741 g/mol. The van der Waals surface area contributed by atoms with Gasteiger partial charge in [0.05, 0.1) is 16.6 Å². The summed E-state index contributed by atoms with van der Waals surface area (Å²) in [6.07, 6.45) is 11.5. The van der Waals surface area contributed by atoms with Gasteiger partial charge in [-0.25, -0.2) is 9.97 Å². The van der Waals surface area contributed by atoms with Gasteiger partial charge in [0, 0.05) is 32.7 Å². The van der Waals surface area contributed by atoms with Gasteiger partial charge in [-0.3, -0.25) is 4.57 Å². The second-order valence-electron chi connectivity index (χ2n) is 12.2. The van der Waals surface area contributed by atoms with E-state index in [0.717, 1.165) is 61.5 Å². The molecule has 8 rings (SSSR count). The highest BCUT2D eigenvalue weighted by Gasteiger charge is 2.17. The molecule has 0 saturated carbocycles. The zero-order valence-electron chi connectivity index (χ0n) is 35.1. The van der Waals surface area contributed by atoms with Crippen molar-refractivity contribution in [3.63, 3.8) is 0 Å². The largest absolute Gasteiger partial charge is 0.456 e. The van der Waals surface area contributed by atoms with E-state index in [2.05, 4.69) is 97.4 Å². The number of allylic oxidation sites excluding steroid dienone is 4. The maximum atomic E-state index is 5.68. The number of rotatable bonds is 4. The Labute approximate surface area is 335 Å². The summed E-state index contributed by atoms with van der Waals surface area (Å²) in [5, 5.41) is 4.62. The summed E-state index contributed by atoms with van der Waals surface area (Å²) in [5.41, 5.74) is 8.60. The van der Waals surface area contributed by atoms with Gasteiger partial charge in [-0.05, 0) is 83.0 Å². The van der Waals surface area contributed by atoms with Crippen molar-refractivity contribution < 1.29 is 4.42 Å². The van der Waals surface area contributed by atoms with E-state index in [0.29, 0.717) is 0 Å². The highest BCUT2D eigenvalue weighted by atomic mass is 16.3. The van der Waals surface area contributed by atoms with Gasteiger partial charge in [0.15, 0.2) is 5.82 Å². The molecular formula is C52H59N3O. The first-order valence-corrected chi connectivity index (χ1v) is 19.6. The molecule has 0 saturated heterocycles. The standard InChI is InChI=1S/C27H19N3.C13H12O.2C4H8.2C2H6/c1-18-15-16-21-20-11-6-8-14-24(20)30(25(21)17-18)27-22-12-5-7-13-23(22)28-26(29-27)19-9-3-2-4-10-19;1-4-10-11-8-6-7-9(3)13(11)14-12(10)5-2;2*1-3-4-2;2*1-2/h2-17H,1H3;4-8H,1-2H2,3H3;2*3-4H,1-2H3;2*1-2H3/b;;2*4-3-;;. The van der Waals surface area contributed by atoms with Crippen molar-refractivity contribution in [2.24, 2.45) is 0 Å². The molecule has 0 N–H and O–H groups in total. The molecule has 0 unspecified atom stereocenters. The molecule has 0 bridgehead atoms. The Morgan fingerprint density at radius 2 is 1.12 bits per heavy atom. The summed E-state index contributed by atoms with van der Waals surface area (Å²) in [5.74, 6) is 2.45. The van der Waals surface area contributed by atoms with Gasteiger partial charge < -0.3 is 4.42 Å². The zero-order chi connectivity index (χ0) is 41.0. The number of fused-ring (bicyclic) bond motifs is 5. The van der Waals surface area contributed by atoms with Crippen molar-refractivity contribution in [2.75, 3.05) is 0 Å². The van der Waals surface area contributed by atoms with Gasteiger partial charge in [-0.15, -0.1) is 0 Å². The van der Waals surface area contributed by atoms with Crippen LogP contribution in [0.2, 0.25) is 0 Å². The van der Waals surface area contributed by atoms with Crippen LogP contribution in [0.1, 0.15) is 77.8 Å². The smallest absolute Gasteiger partial charge is 0.162 e. The molecule has 4 nitrogen and oxygen atoms in total. The lowest BCUT2D eigenvalue weighted by Gasteiger charge is -2.12. The third-order valence-electron chi connectivity index (χ3n) is 8.69. The lowest BCUT2D eigenvalue weighted by molar-refractivity contribution is 0.601.